The standard InChI is InChI=1S/C36H22N2O/c37-23-29-19-20-31-30-12-7-13-32(33-14-4-5-21-38-33)35(30)39-36(31)34(29)28-11-6-10-27(22-28)26-17-15-25(16-18-26)24-8-2-1-3-9-24/h1-22H. The van der Waals surface area contributed by atoms with Gasteiger partial charge in [0, 0.05) is 28.1 Å². The Bertz CT molecular complexity index is 2000. The average molecular weight is 499 g/mol. The van der Waals surface area contributed by atoms with Crippen molar-refractivity contribution in [2.24, 2.45) is 0 Å². The lowest BCUT2D eigenvalue weighted by molar-refractivity contribution is 0.670. The summed E-state index contributed by atoms with van der Waals surface area (Å²) in [4.78, 5) is 4.54. The van der Waals surface area contributed by atoms with Gasteiger partial charge in [-0.15, -0.1) is 0 Å². The third-order valence-electron chi connectivity index (χ3n) is 7.20. The lowest BCUT2D eigenvalue weighted by atomic mass is 9.93. The van der Waals surface area contributed by atoms with Gasteiger partial charge < -0.3 is 4.42 Å². The smallest absolute Gasteiger partial charge is 0.144 e. The summed E-state index contributed by atoms with van der Waals surface area (Å²) in [6.45, 7) is 0. The van der Waals surface area contributed by atoms with Crippen LogP contribution in [0.2, 0.25) is 0 Å². The van der Waals surface area contributed by atoms with Crippen LogP contribution in [0.1, 0.15) is 5.56 Å². The van der Waals surface area contributed by atoms with Gasteiger partial charge in [0.2, 0.25) is 0 Å². The number of fused-ring (bicyclic) bond motifs is 3. The summed E-state index contributed by atoms with van der Waals surface area (Å²) in [7, 11) is 0. The van der Waals surface area contributed by atoms with E-state index < -0.39 is 0 Å². The number of para-hydroxylation sites is 1. The fraction of sp³-hybridized carbons (Fsp3) is 0. The number of furan rings is 1. The van der Waals surface area contributed by atoms with Crippen LogP contribution in [0.4, 0.5) is 0 Å². The Morgan fingerprint density at radius 2 is 1.21 bits per heavy atom. The van der Waals surface area contributed by atoms with Crippen molar-refractivity contribution < 1.29 is 4.42 Å². The molecule has 0 unspecified atom stereocenters. The van der Waals surface area contributed by atoms with Crippen molar-refractivity contribution in [1.29, 1.82) is 5.26 Å². The maximum Gasteiger partial charge on any atom is 0.144 e. The van der Waals surface area contributed by atoms with Gasteiger partial charge in [0.05, 0.1) is 17.3 Å². The second-order valence-corrected chi connectivity index (χ2v) is 9.50. The highest BCUT2D eigenvalue weighted by Crippen LogP contribution is 2.41. The zero-order valence-electron chi connectivity index (χ0n) is 21.0. The molecule has 39 heavy (non-hydrogen) atoms. The zero-order valence-corrected chi connectivity index (χ0v) is 21.0. The van der Waals surface area contributed by atoms with E-state index in [2.05, 4.69) is 77.8 Å². The maximum atomic E-state index is 10.1. The molecule has 5 aromatic carbocycles. The number of nitriles is 1. The maximum absolute atomic E-state index is 10.1. The fourth-order valence-corrected chi connectivity index (χ4v) is 5.31. The largest absolute Gasteiger partial charge is 0.455 e. The van der Waals surface area contributed by atoms with Crippen molar-refractivity contribution in [1.82, 2.24) is 4.98 Å². The van der Waals surface area contributed by atoms with Gasteiger partial charge in [0.25, 0.3) is 0 Å². The minimum absolute atomic E-state index is 0.581. The SMILES string of the molecule is N#Cc1ccc2c(oc3c(-c4ccccn4)cccc32)c1-c1cccc(-c2ccc(-c3ccccc3)cc2)c1. The summed E-state index contributed by atoms with van der Waals surface area (Å²) in [6, 6.07) is 45.5. The Kier molecular flexibility index (Phi) is 5.50. The molecule has 2 heterocycles. The lowest BCUT2D eigenvalue weighted by Gasteiger charge is -2.09. The van der Waals surface area contributed by atoms with E-state index in [-0.39, 0.29) is 0 Å². The molecular weight excluding hydrogens is 476 g/mol. The molecule has 0 saturated heterocycles. The summed E-state index contributed by atoms with van der Waals surface area (Å²) in [5.41, 5.74) is 10.2. The molecule has 3 heteroatoms. The molecule has 2 aromatic heterocycles. The number of nitrogens with zero attached hydrogens (tertiary/aromatic N) is 2. The van der Waals surface area contributed by atoms with E-state index in [0.29, 0.717) is 11.1 Å². The second-order valence-electron chi connectivity index (χ2n) is 9.50. The number of benzene rings is 5. The van der Waals surface area contributed by atoms with Crippen molar-refractivity contribution in [2.75, 3.05) is 0 Å². The molecule has 0 atom stereocenters. The summed E-state index contributed by atoms with van der Waals surface area (Å²) in [6.07, 6.45) is 1.79. The highest BCUT2D eigenvalue weighted by Gasteiger charge is 2.19. The average Bonchev–Trinajstić information content (AvgIpc) is 3.40. The minimum atomic E-state index is 0.581. The highest BCUT2D eigenvalue weighted by atomic mass is 16.3. The van der Waals surface area contributed by atoms with Crippen LogP contribution in [0.15, 0.2) is 138 Å². The van der Waals surface area contributed by atoms with E-state index in [0.717, 1.165) is 49.9 Å². The van der Waals surface area contributed by atoms with Crippen LogP contribution in [-0.4, -0.2) is 4.98 Å². The second kappa shape index (κ2) is 9.45. The van der Waals surface area contributed by atoms with Gasteiger partial charge in [0.1, 0.15) is 11.2 Å². The van der Waals surface area contributed by atoms with E-state index in [1.807, 2.05) is 60.7 Å². The van der Waals surface area contributed by atoms with Crippen molar-refractivity contribution >= 4 is 21.9 Å². The monoisotopic (exact) mass is 498 g/mol. The van der Waals surface area contributed by atoms with Crippen LogP contribution in [0, 0.1) is 11.3 Å². The number of rotatable bonds is 4. The van der Waals surface area contributed by atoms with E-state index in [4.69, 9.17) is 4.42 Å². The van der Waals surface area contributed by atoms with Crippen molar-refractivity contribution in [3.63, 3.8) is 0 Å². The van der Waals surface area contributed by atoms with Gasteiger partial charge in [0.15, 0.2) is 0 Å². The van der Waals surface area contributed by atoms with Crippen LogP contribution in [-0.2, 0) is 0 Å². The normalized spacial score (nSPS) is 11.1. The highest BCUT2D eigenvalue weighted by molar-refractivity contribution is 6.13. The predicted molar refractivity (Wildman–Crippen MR) is 158 cm³/mol. The molecule has 0 spiro atoms. The number of hydrogen-bond donors (Lipinski definition) is 0. The molecule has 7 rings (SSSR count). The van der Waals surface area contributed by atoms with E-state index in [1.54, 1.807) is 6.20 Å². The molecule has 0 radical (unpaired) electrons. The first-order chi connectivity index (χ1) is 19.3. The Balaban J connectivity index is 1.38. The third kappa shape index (κ3) is 3.96. The Morgan fingerprint density at radius 3 is 1.97 bits per heavy atom. The molecular formula is C36H22N2O. The number of aromatic nitrogens is 1. The molecule has 0 N–H and O–H groups in total. The Labute approximate surface area is 226 Å². The summed E-state index contributed by atoms with van der Waals surface area (Å²) < 4.78 is 6.59. The lowest BCUT2D eigenvalue weighted by Crippen LogP contribution is -1.87. The summed E-state index contributed by atoms with van der Waals surface area (Å²) >= 11 is 0. The molecule has 7 aromatic rings. The van der Waals surface area contributed by atoms with Gasteiger partial charge in [-0.25, -0.2) is 0 Å². The molecule has 0 aliphatic heterocycles. The van der Waals surface area contributed by atoms with Gasteiger partial charge in [-0.3, -0.25) is 4.98 Å². The first-order valence-electron chi connectivity index (χ1n) is 12.9. The van der Waals surface area contributed by atoms with E-state index in [9.17, 15) is 5.26 Å². The van der Waals surface area contributed by atoms with Crippen molar-refractivity contribution in [3.05, 3.63) is 139 Å². The van der Waals surface area contributed by atoms with Crippen molar-refractivity contribution in [2.45, 2.75) is 0 Å². The van der Waals surface area contributed by atoms with Crippen LogP contribution in [0.5, 0.6) is 0 Å². The molecule has 0 bridgehead atoms. The zero-order chi connectivity index (χ0) is 26.2. The van der Waals surface area contributed by atoms with Gasteiger partial charge in [-0.2, -0.15) is 5.26 Å². The minimum Gasteiger partial charge on any atom is -0.455 e. The predicted octanol–water partition coefficient (Wildman–Crippen LogP) is 9.52. The van der Waals surface area contributed by atoms with Gasteiger partial charge in [-0.05, 0) is 64.2 Å². The molecule has 0 aliphatic rings. The van der Waals surface area contributed by atoms with Crippen LogP contribution in [0.25, 0.3) is 66.6 Å². The first kappa shape index (κ1) is 22.7. The topological polar surface area (TPSA) is 49.8 Å². The van der Waals surface area contributed by atoms with Gasteiger partial charge >= 0.3 is 0 Å². The number of hydrogen-bond acceptors (Lipinski definition) is 3. The van der Waals surface area contributed by atoms with Crippen LogP contribution >= 0.6 is 0 Å². The molecule has 3 nitrogen and oxygen atoms in total. The van der Waals surface area contributed by atoms with Gasteiger partial charge in [-0.1, -0.05) is 91.0 Å². The Hall–Kier alpha value is -5.46. The molecule has 0 saturated carbocycles. The molecule has 0 amide bonds. The van der Waals surface area contributed by atoms with E-state index >= 15 is 0 Å². The van der Waals surface area contributed by atoms with Crippen LogP contribution < -0.4 is 0 Å². The summed E-state index contributed by atoms with van der Waals surface area (Å²) in [5.74, 6) is 0. The van der Waals surface area contributed by atoms with Crippen LogP contribution in [0.3, 0.4) is 0 Å². The molecule has 182 valence electrons. The molecule has 0 fully saturated rings. The van der Waals surface area contributed by atoms with E-state index in [1.165, 1.54) is 11.1 Å². The number of pyridine rings is 1. The quantitative estimate of drug-likeness (QED) is 0.243. The molecule has 0 aliphatic carbocycles. The third-order valence-corrected chi connectivity index (χ3v) is 7.20. The summed E-state index contributed by atoms with van der Waals surface area (Å²) in [5, 5.41) is 12.1. The van der Waals surface area contributed by atoms with Crippen molar-refractivity contribution in [3.8, 4) is 50.7 Å². The first-order valence-corrected chi connectivity index (χ1v) is 12.9. The Morgan fingerprint density at radius 1 is 0.538 bits per heavy atom. The fourth-order valence-electron chi connectivity index (χ4n) is 5.31.